The lowest BCUT2D eigenvalue weighted by Crippen LogP contribution is -2.39. The predicted octanol–water partition coefficient (Wildman–Crippen LogP) is 2.77. The molecule has 2 bridgehead atoms. The summed E-state index contributed by atoms with van der Waals surface area (Å²) in [6.45, 7) is 6.95. The SMILES string of the molecule is CC1(C)C2CCC1(C)C(Oc1cnc(C(=O)O)cn1)C2. The maximum absolute atomic E-state index is 10.8. The summed E-state index contributed by atoms with van der Waals surface area (Å²) in [5.41, 5.74) is 0.383. The van der Waals surface area contributed by atoms with E-state index in [9.17, 15) is 4.79 Å². The van der Waals surface area contributed by atoms with E-state index in [2.05, 4.69) is 30.7 Å². The fourth-order valence-electron chi connectivity index (χ4n) is 3.94. The van der Waals surface area contributed by atoms with Crippen LogP contribution in [0.25, 0.3) is 0 Å². The molecule has 0 aromatic carbocycles. The Morgan fingerprint density at radius 2 is 2.10 bits per heavy atom. The third-order valence-electron chi connectivity index (χ3n) is 5.82. The quantitative estimate of drug-likeness (QED) is 0.919. The van der Waals surface area contributed by atoms with Gasteiger partial charge < -0.3 is 9.84 Å². The number of carboxylic acid groups (broad SMARTS) is 1. The van der Waals surface area contributed by atoms with Crippen molar-refractivity contribution in [2.45, 2.75) is 46.1 Å². The molecule has 1 aromatic heterocycles. The molecule has 2 saturated carbocycles. The number of aromatic nitrogens is 2. The summed E-state index contributed by atoms with van der Waals surface area (Å²) in [5.74, 6) is 0.0467. The summed E-state index contributed by atoms with van der Waals surface area (Å²) in [4.78, 5) is 18.7. The number of fused-ring (bicyclic) bond motifs is 2. The van der Waals surface area contributed by atoms with Crippen molar-refractivity contribution in [3.8, 4) is 5.88 Å². The number of nitrogens with zero attached hydrogens (tertiary/aromatic N) is 2. The van der Waals surface area contributed by atoms with Crippen LogP contribution in [0.5, 0.6) is 5.88 Å². The van der Waals surface area contributed by atoms with Crippen LogP contribution in [0.3, 0.4) is 0 Å². The topological polar surface area (TPSA) is 72.3 Å². The predicted molar refractivity (Wildman–Crippen MR) is 72.6 cm³/mol. The van der Waals surface area contributed by atoms with E-state index in [0.717, 1.165) is 6.42 Å². The summed E-state index contributed by atoms with van der Waals surface area (Å²) in [6.07, 6.45) is 6.29. The highest BCUT2D eigenvalue weighted by atomic mass is 16.5. The maximum atomic E-state index is 10.8. The second-order valence-corrected chi connectivity index (χ2v) is 6.76. The van der Waals surface area contributed by atoms with Crippen molar-refractivity contribution in [3.05, 3.63) is 18.1 Å². The van der Waals surface area contributed by atoms with E-state index in [1.807, 2.05) is 0 Å². The van der Waals surface area contributed by atoms with Gasteiger partial charge in [-0.25, -0.2) is 14.8 Å². The van der Waals surface area contributed by atoms with Crippen molar-refractivity contribution < 1.29 is 14.6 Å². The van der Waals surface area contributed by atoms with Crippen molar-refractivity contribution in [3.63, 3.8) is 0 Å². The molecule has 0 amide bonds. The Kier molecular flexibility index (Phi) is 2.78. The number of hydrogen-bond donors (Lipinski definition) is 1. The first-order valence-electron chi connectivity index (χ1n) is 7.06. The molecule has 1 heterocycles. The maximum Gasteiger partial charge on any atom is 0.356 e. The number of aromatic carboxylic acids is 1. The number of hydrogen-bond acceptors (Lipinski definition) is 4. The summed E-state index contributed by atoms with van der Waals surface area (Å²) in [5, 5.41) is 8.81. The third kappa shape index (κ3) is 1.72. The van der Waals surface area contributed by atoms with Gasteiger partial charge in [-0.05, 0) is 30.6 Å². The van der Waals surface area contributed by atoms with E-state index < -0.39 is 5.97 Å². The molecule has 3 rings (SSSR count). The van der Waals surface area contributed by atoms with Gasteiger partial charge in [0.2, 0.25) is 5.88 Å². The molecule has 20 heavy (non-hydrogen) atoms. The second kappa shape index (κ2) is 4.17. The average molecular weight is 276 g/mol. The van der Waals surface area contributed by atoms with E-state index in [1.54, 1.807) is 0 Å². The van der Waals surface area contributed by atoms with Gasteiger partial charge in [-0.2, -0.15) is 0 Å². The third-order valence-corrected chi connectivity index (χ3v) is 5.82. The average Bonchev–Trinajstić information content (AvgIpc) is 2.72. The van der Waals surface area contributed by atoms with Crippen molar-refractivity contribution in [2.75, 3.05) is 0 Å². The lowest BCUT2D eigenvalue weighted by Gasteiger charge is -2.38. The van der Waals surface area contributed by atoms with Crippen LogP contribution in [0.1, 0.15) is 50.5 Å². The van der Waals surface area contributed by atoms with Crippen LogP contribution in [0, 0.1) is 16.7 Å². The van der Waals surface area contributed by atoms with Crippen LogP contribution in [0.4, 0.5) is 0 Å². The molecule has 108 valence electrons. The fourth-order valence-corrected chi connectivity index (χ4v) is 3.94. The van der Waals surface area contributed by atoms with Crippen LogP contribution >= 0.6 is 0 Å². The van der Waals surface area contributed by atoms with E-state index in [4.69, 9.17) is 9.84 Å². The van der Waals surface area contributed by atoms with Gasteiger partial charge in [-0.1, -0.05) is 20.8 Å². The standard InChI is InChI=1S/C15H20N2O3/c1-14(2)9-4-5-15(14,3)11(6-9)20-12-8-16-10(7-17-12)13(18)19/h7-9,11H,4-6H2,1-3H3,(H,18,19). The smallest absolute Gasteiger partial charge is 0.356 e. The first-order chi connectivity index (χ1) is 9.34. The number of carboxylic acids is 1. The second-order valence-electron chi connectivity index (χ2n) is 6.76. The molecule has 0 aliphatic heterocycles. The normalized spacial score (nSPS) is 34.1. The molecule has 5 nitrogen and oxygen atoms in total. The molecule has 3 unspecified atom stereocenters. The molecule has 0 spiro atoms. The fraction of sp³-hybridized carbons (Fsp3) is 0.667. The molecule has 5 heteroatoms. The van der Waals surface area contributed by atoms with Crippen LogP contribution in [0.2, 0.25) is 0 Å². The lowest BCUT2D eigenvalue weighted by molar-refractivity contribution is 0.0270. The van der Waals surface area contributed by atoms with Gasteiger partial charge in [0.25, 0.3) is 0 Å². The van der Waals surface area contributed by atoms with E-state index in [-0.39, 0.29) is 22.6 Å². The molecule has 0 radical (unpaired) electrons. The van der Waals surface area contributed by atoms with Gasteiger partial charge in [0.15, 0.2) is 5.69 Å². The Bertz CT molecular complexity index is 541. The highest BCUT2D eigenvalue weighted by molar-refractivity contribution is 5.84. The number of carbonyl (C=O) groups is 1. The Labute approximate surface area is 118 Å². The van der Waals surface area contributed by atoms with Crippen LogP contribution in [0.15, 0.2) is 12.4 Å². The van der Waals surface area contributed by atoms with E-state index in [0.29, 0.717) is 11.8 Å². The highest BCUT2D eigenvalue weighted by Crippen LogP contribution is 2.66. The van der Waals surface area contributed by atoms with Crippen LogP contribution in [-0.2, 0) is 0 Å². The zero-order chi connectivity index (χ0) is 14.5. The molecule has 1 N–H and O–H groups in total. The van der Waals surface area contributed by atoms with Gasteiger partial charge in [0.1, 0.15) is 6.10 Å². The van der Waals surface area contributed by atoms with Crippen LogP contribution < -0.4 is 4.74 Å². The minimum absolute atomic E-state index is 0.0585. The van der Waals surface area contributed by atoms with Gasteiger partial charge in [0, 0.05) is 5.41 Å². The number of ether oxygens (including phenoxy) is 1. The van der Waals surface area contributed by atoms with Crippen molar-refractivity contribution in [1.82, 2.24) is 9.97 Å². The lowest BCUT2D eigenvalue weighted by atomic mass is 9.70. The Morgan fingerprint density at radius 3 is 2.55 bits per heavy atom. The first-order valence-corrected chi connectivity index (χ1v) is 7.06. The van der Waals surface area contributed by atoms with Gasteiger partial charge in [0.05, 0.1) is 12.4 Å². The molecular weight excluding hydrogens is 256 g/mol. The van der Waals surface area contributed by atoms with Gasteiger partial charge in [-0.3, -0.25) is 0 Å². The first kappa shape index (κ1) is 13.3. The molecule has 2 aliphatic carbocycles. The zero-order valence-electron chi connectivity index (χ0n) is 12.1. The molecule has 2 aliphatic rings. The minimum Gasteiger partial charge on any atom is -0.476 e. The highest BCUT2D eigenvalue weighted by Gasteiger charge is 2.62. The van der Waals surface area contributed by atoms with Crippen LogP contribution in [-0.4, -0.2) is 27.1 Å². The Balaban J connectivity index is 1.78. The summed E-state index contributed by atoms with van der Waals surface area (Å²) in [7, 11) is 0. The molecule has 2 fully saturated rings. The summed E-state index contributed by atoms with van der Waals surface area (Å²) in [6, 6.07) is 0. The molecule has 1 aromatic rings. The Hall–Kier alpha value is -1.65. The molecular formula is C15H20N2O3. The minimum atomic E-state index is -1.07. The van der Waals surface area contributed by atoms with E-state index >= 15 is 0 Å². The summed E-state index contributed by atoms with van der Waals surface area (Å²) < 4.78 is 6.02. The number of rotatable bonds is 3. The van der Waals surface area contributed by atoms with Crippen molar-refractivity contribution >= 4 is 5.97 Å². The Morgan fingerprint density at radius 1 is 1.35 bits per heavy atom. The molecule has 3 atom stereocenters. The molecule has 0 saturated heterocycles. The van der Waals surface area contributed by atoms with Gasteiger partial charge >= 0.3 is 5.97 Å². The zero-order valence-corrected chi connectivity index (χ0v) is 12.1. The van der Waals surface area contributed by atoms with Crippen molar-refractivity contribution in [2.24, 2.45) is 16.7 Å². The van der Waals surface area contributed by atoms with Gasteiger partial charge in [-0.15, -0.1) is 0 Å². The van der Waals surface area contributed by atoms with E-state index in [1.165, 1.54) is 25.2 Å². The summed E-state index contributed by atoms with van der Waals surface area (Å²) >= 11 is 0. The largest absolute Gasteiger partial charge is 0.476 e. The van der Waals surface area contributed by atoms with Crippen molar-refractivity contribution in [1.29, 1.82) is 0 Å². The monoisotopic (exact) mass is 276 g/mol.